The molecule has 8 nitrogen and oxygen atoms in total. The average molecular weight is 455 g/mol. The van der Waals surface area contributed by atoms with Crippen molar-refractivity contribution >= 4 is 21.9 Å². The fraction of sp³-hybridized carbons (Fsp3) is 0.619. The Morgan fingerprint density at radius 2 is 1.87 bits per heavy atom. The summed E-state index contributed by atoms with van der Waals surface area (Å²) in [5, 5.41) is 0. The molecule has 3 atom stereocenters. The number of rotatable bonds is 4. The first kappa shape index (κ1) is 22.2. The molecule has 0 aromatic heterocycles. The average Bonchev–Trinajstić information content (AvgIpc) is 3.18. The van der Waals surface area contributed by atoms with Crippen LogP contribution < -0.4 is 0 Å². The van der Waals surface area contributed by atoms with E-state index in [0.29, 0.717) is 6.42 Å². The lowest BCUT2D eigenvalue weighted by Crippen LogP contribution is -2.47. The molecule has 1 saturated carbocycles. The molecule has 3 unspecified atom stereocenters. The molecule has 4 rings (SSSR count). The number of likely N-dealkylation sites (tertiary alicyclic amines) is 1. The molecule has 10 heteroatoms. The molecular weight excluding hydrogens is 427 g/mol. The number of halogens is 1. The van der Waals surface area contributed by atoms with Gasteiger partial charge in [-0.1, -0.05) is 12.8 Å². The van der Waals surface area contributed by atoms with Gasteiger partial charge in [-0.2, -0.15) is 4.31 Å². The number of morpholine rings is 1. The van der Waals surface area contributed by atoms with Crippen LogP contribution in [0.1, 0.15) is 42.5 Å². The number of carbonyl (C=O) groups excluding carboxylic acids is 2. The van der Waals surface area contributed by atoms with E-state index in [4.69, 9.17) is 9.47 Å². The van der Waals surface area contributed by atoms with Crippen molar-refractivity contribution in [2.24, 2.45) is 5.92 Å². The van der Waals surface area contributed by atoms with Gasteiger partial charge in [0.25, 0.3) is 5.91 Å². The zero-order valence-electron chi connectivity index (χ0n) is 17.5. The predicted octanol–water partition coefficient (Wildman–Crippen LogP) is 1.79. The monoisotopic (exact) mass is 454 g/mol. The SMILES string of the molecule is COC(=O)C1CC2CCCCC2N1C(=O)c1cc(S(=O)(=O)N2CCOCC2)ccc1F. The van der Waals surface area contributed by atoms with Crippen molar-refractivity contribution in [3.63, 3.8) is 0 Å². The van der Waals surface area contributed by atoms with Gasteiger partial charge in [0.15, 0.2) is 0 Å². The van der Waals surface area contributed by atoms with Crippen LogP contribution in [0.3, 0.4) is 0 Å². The Labute approximate surface area is 181 Å². The molecule has 1 aliphatic carbocycles. The van der Waals surface area contributed by atoms with Crippen molar-refractivity contribution in [1.82, 2.24) is 9.21 Å². The fourth-order valence-electron chi connectivity index (χ4n) is 5.00. The van der Waals surface area contributed by atoms with Crippen molar-refractivity contribution in [3.8, 4) is 0 Å². The third-order valence-corrected chi connectivity index (χ3v) is 8.47. The van der Waals surface area contributed by atoms with Crippen LogP contribution in [0.25, 0.3) is 0 Å². The van der Waals surface area contributed by atoms with E-state index < -0.39 is 33.8 Å². The topological polar surface area (TPSA) is 93.2 Å². The van der Waals surface area contributed by atoms with E-state index in [2.05, 4.69) is 0 Å². The molecule has 1 amide bonds. The molecule has 1 aromatic rings. The summed E-state index contributed by atoms with van der Waals surface area (Å²) in [4.78, 5) is 27.1. The van der Waals surface area contributed by atoms with Gasteiger partial charge in [-0.15, -0.1) is 0 Å². The molecule has 1 aromatic carbocycles. The lowest BCUT2D eigenvalue weighted by Gasteiger charge is -2.33. The Hall–Kier alpha value is -2.04. The molecule has 31 heavy (non-hydrogen) atoms. The van der Waals surface area contributed by atoms with Crippen LogP contribution >= 0.6 is 0 Å². The molecule has 2 heterocycles. The smallest absolute Gasteiger partial charge is 0.328 e. The molecule has 3 aliphatic rings. The zero-order chi connectivity index (χ0) is 22.2. The standard InChI is InChI=1S/C21H27FN2O6S/c1-29-21(26)19-12-14-4-2-3-5-18(14)24(19)20(25)16-13-15(6-7-17(16)22)31(27,28)23-8-10-30-11-9-23/h6-7,13-14,18-19H,2-5,8-12H2,1H3. The molecule has 3 fully saturated rings. The summed E-state index contributed by atoms with van der Waals surface area (Å²) in [6, 6.07) is 2.30. The summed E-state index contributed by atoms with van der Waals surface area (Å²) in [5.74, 6) is -1.85. The first-order valence-electron chi connectivity index (χ1n) is 10.6. The van der Waals surface area contributed by atoms with Crippen LogP contribution in [-0.4, -0.2) is 75.0 Å². The quantitative estimate of drug-likeness (QED) is 0.644. The number of esters is 1. The molecule has 0 bridgehead atoms. The van der Waals surface area contributed by atoms with Gasteiger partial charge in [-0.05, 0) is 43.4 Å². The fourth-order valence-corrected chi connectivity index (χ4v) is 6.44. The molecule has 2 aliphatic heterocycles. The highest BCUT2D eigenvalue weighted by Crippen LogP contribution is 2.41. The maximum atomic E-state index is 14.7. The number of methoxy groups -OCH3 is 1. The van der Waals surface area contributed by atoms with Crippen molar-refractivity contribution in [1.29, 1.82) is 0 Å². The normalized spacial score (nSPS) is 27.0. The summed E-state index contributed by atoms with van der Waals surface area (Å²) >= 11 is 0. The van der Waals surface area contributed by atoms with Gasteiger partial charge in [-0.25, -0.2) is 17.6 Å². The molecular formula is C21H27FN2O6S. The highest BCUT2D eigenvalue weighted by Gasteiger charge is 2.48. The maximum Gasteiger partial charge on any atom is 0.328 e. The number of benzene rings is 1. The molecule has 0 radical (unpaired) electrons. The first-order valence-corrected chi connectivity index (χ1v) is 12.1. The predicted molar refractivity (Wildman–Crippen MR) is 108 cm³/mol. The van der Waals surface area contributed by atoms with Crippen LogP contribution in [0.15, 0.2) is 23.1 Å². The van der Waals surface area contributed by atoms with E-state index in [-0.39, 0.29) is 48.7 Å². The Morgan fingerprint density at radius 1 is 1.16 bits per heavy atom. The number of nitrogens with zero attached hydrogens (tertiary/aromatic N) is 2. The Kier molecular flexibility index (Phi) is 6.32. The van der Waals surface area contributed by atoms with Gasteiger partial charge in [0.05, 0.1) is 30.8 Å². The van der Waals surface area contributed by atoms with Gasteiger partial charge in [0.2, 0.25) is 10.0 Å². The van der Waals surface area contributed by atoms with E-state index >= 15 is 0 Å². The van der Waals surface area contributed by atoms with Crippen molar-refractivity contribution in [2.45, 2.75) is 49.1 Å². The highest BCUT2D eigenvalue weighted by atomic mass is 32.2. The van der Waals surface area contributed by atoms with Gasteiger partial charge < -0.3 is 14.4 Å². The second kappa shape index (κ2) is 8.84. The number of fused-ring (bicyclic) bond motifs is 1. The summed E-state index contributed by atoms with van der Waals surface area (Å²) in [6.45, 7) is 0.959. The van der Waals surface area contributed by atoms with Crippen LogP contribution in [0, 0.1) is 11.7 Å². The molecule has 170 valence electrons. The summed E-state index contributed by atoms with van der Waals surface area (Å²) in [7, 11) is -2.62. The van der Waals surface area contributed by atoms with Crippen molar-refractivity contribution in [3.05, 3.63) is 29.6 Å². The van der Waals surface area contributed by atoms with Gasteiger partial charge in [0, 0.05) is 19.1 Å². The minimum atomic E-state index is -3.89. The Balaban J connectivity index is 1.68. The van der Waals surface area contributed by atoms with Crippen LogP contribution in [-0.2, 0) is 24.3 Å². The first-order chi connectivity index (χ1) is 14.8. The van der Waals surface area contributed by atoms with Crippen LogP contribution in [0.2, 0.25) is 0 Å². The van der Waals surface area contributed by atoms with Crippen molar-refractivity contribution in [2.75, 3.05) is 33.4 Å². The molecule has 0 spiro atoms. The number of hydrogen-bond acceptors (Lipinski definition) is 6. The Morgan fingerprint density at radius 3 is 2.58 bits per heavy atom. The second-order valence-corrected chi connectivity index (χ2v) is 10.2. The van der Waals surface area contributed by atoms with E-state index in [1.807, 2.05) is 0 Å². The summed E-state index contributed by atoms with van der Waals surface area (Å²) < 4.78 is 52.1. The van der Waals surface area contributed by atoms with Gasteiger partial charge >= 0.3 is 5.97 Å². The minimum absolute atomic E-state index is 0.145. The second-order valence-electron chi connectivity index (χ2n) is 8.26. The third-order valence-electron chi connectivity index (χ3n) is 6.57. The number of carbonyl (C=O) groups is 2. The number of amides is 1. The van der Waals surface area contributed by atoms with E-state index in [1.165, 1.54) is 22.4 Å². The number of ether oxygens (including phenoxy) is 2. The van der Waals surface area contributed by atoms with E-state index in [9.17, 15) is 22.4 Å². The van der Waals surface area contributed by atoms with E-state index in [0.717, 1.165) is 37.8 Å². The zero-order valence-corrected chi connectivity index (χ0v) is 18.3. The summed E-state index contributed by atoms with van der Waals surface area (Å²) in [6.07, 6.45) is 4.06. The third kappa shape index (κ3) is 4.08. The van der Waals surface area contributed by atoms with Gasteiger partial charge in [-0.3, -0.25) is 4.79 Å². The van der Waals surface area contributed by atoms with Crippen LogP contribution in [0.5, 0.6) is 0 Å². The lowest BCUT2D eigenvalue weighted by molar-refractivity contribution is -0.145. The maximum absolute atomic E-state index is 14.7. The minimum Gasteiger partial charge on any atom is -0.467 e. The molecule has 2 saturated heterocycles. The lowest BCUT2D eigenvalue weighted by atomic mass is 9.84. The number of hydrogen-bond donors (Lipinski definition) is 0. The van der Waals surface area contributed by atoms with Gasteiger partial charge in [0.1, 0.15) is 11.9 Å². The largest absolute Gasteiger partial charge is 0.467 e. The van der Waals surface area contributed by atoms with Crippen LogP contribution in [0.4, 0.5) is 4.39 Å². The molecule has 0 N–H and O–H groups in total. The Bertz CT molecular complexity index is 963. The van der Waals surface area contributed by atoms with E-state index in [1.54, 1.807) is 0 Å². The van der Waals surface area contributed by atoms with Crippen molar-refractivity contribution < 1.29 is 31.9 Å². The summed E-state index contributed by atoms with van der Waals surface area (Å²) in [5.41, 5.74) is -0.338. The number of sulfonamides is 1. The highest BCUT2D eigenvalue weighted by molar-refractivity contribution is 7.89.